The molecule has 0 radical (unpaired) electrons. The van der Waals surface area contributed by atoms with Crippen LogP contribution in [0.5, 0.6) is 0 Å². The van der Waals surface area contributed by atoms with Crippen LogP contribution in [0.4, 0.5) is 18.9 Å². The summed E-state index contributed by atoms with van der Waals surface area (Å²) in [6, 6.07) is 9.92. The highest BCUT2D eigenvalue weighted by Gasteiger charge is 2.29. The van der Waals surface area contributed by atoms with Gasteiger partial charge in [-0.15, -0.1) is 0 Å². The van der Waals surface area contributed by atoms with Crippen molar-refractivity contribution in [1.29, 1.82) is 0 Å². The molecule has 0 spiro atoms. The quantitative estimate of drug-likeness (QED) is 0.773. The molecule has 1 N–H and O–H groups in total. The van der Waals surface area contributed by atoms with Gasteiger partial charge < -0.3 is 5.32 Å². The molecule has 6 heteroatoms. The summed E-state index contributed by atoms with van der Waals surface area (Å²) in [7, 11) is 0. The molecular formula is C14H10Cl2F3N. The first kappa shape index (κ1) is 15.0. The van der Waals surface area contributed by atoms with E-state index in [1.165, 1.54) is 12.1 Å². The summed E-state index contributed by atoms with van der Waals surface area (Å²) in [4.78, 5) is 0. The Morgan fingerprint density at radius 2 is 1.60 bits per heavy atom. The van der Waals surface area contributed by atoms with E-state index in [2.05, 4.69) is 5.32 Å². The molecule has 0 atom stereocenters. The van der Waals surface area contributed by atoms with Crippen LogP contribution in [0.15, 0.2) is 42.5 Å². The zero-order valence-electron chi connectivity index (χ0n) is 10.1. The van der Waals surface area contributed by atoms with E-state index in [9.17, 15) is 13.2 Å². The Morgan fingerprint density at radius 1 is 0.950 bits per heavy atom. The van der Waals surface area contributed by atoms with Crippen LogP contribution in [0, 0.1) is 0 Å². The Kier molecular flexibility index (Phi) is 4.45. The molecule has 20 heavy (non-hydrogen) atoms. The molecule has 1 nitrogen and oxygen atoms in total. The van der Waals surface area contributed by atoms with Gasteiger partial charge in [-0.2, -0.15) is 13.2 Å². The lowest BCUT2D eigenvalue weighted by Crippen LogP contribution is -2.05. The average Bonchev–Trinajstić information content (AvgIpc) is 2.37. The van der Waals surface area contributed by atoms with Crippen LogP contribution in [-0.2, 0) is 12.7 Å². The zero-order chi connectivity index (χ0) is 14.8. The van der Waals surface area contributed by atoms with Crippen molar-refractivity contribution in [3.63, 3.8) is 0 Å². The summed E-state index contributed by atoms with van der Waals surface area (Å²) < 4.78 is 37.2. The van der Waals surface area contributed by atoms with Gasteiger partial charge in [-0.05, 0) is 42.0 Å². The average molecular weight is 320 g/mol. The van der Waals surface area contributed by atoms with E-state index >= 15 is 0 Å². The maximum atomic E-state index is 12.4. The largest absolute Gasteiger partial charge is 0.416 e. The lowest BCUT2D eigenvalue weighted by molar-refractivity contribution is -0.137. The number of anilines is 1. The summed E-state index contributed by atoms with van der Waals surface area (Å²) in [6.45, 7) is 0.404. The topological polar surface area (TPSA) is 12.0 Å². The van der Waals surface area contributed by atoms with Crippen molar-refractivity contribution in [2.45, 2.75) is 12.7 Å². The van der Waals surface area contributed by atoms with Crippen molar-refractivity contribution in [2.75, 3.05) is 5.32 Å². The van der Waals surface area contributed by atoms with E-state index in [4.69, 9.17) is 23.2 Å². The van der Waals surface area contributed by atoms with E-state index in [0.29, 0.717) is 22.3 Å². The van der Waals surface area contributed by atoms with Crippen LogP contribution in [0.25, 0.3) is 0 Å². The van der Waals surface area contributed by atoms with Crippen LogP contribution >= 0.6 is 23.2 Å². The number of rotatable bonds is 3. The number of hydrogen-bond donors (Lipinski definition) is 1. The molecule has 0 heterocycles. The van der Waals surface area contributed by atoms with E-state index in [-0.39, 0.29) is 0 Å². The van der Waals surface area contributed by atoms with Crippen molar-refractivity contribution in [3.8, 4) is 0 Å². The Hall–Kier alpha value is -1.39. The first-order chi connectivity index (χ1) is 9.36. The SMILES string of the molecule is FC(F)(F)c1ccc(NCc2ccc(Cl)cc2Cl)cc1. The van der Waals surface area contributed by atoms with Crippen LogP contribution in [-0.4, -0.2) is 0 Å². The third kappa shape index (κ3) is 3.81. The molecule has 2 rings (SSSR count). The molecule has 0 amide bonds. The van der Waals surface area contributed by atoms with Crippen molar-refractivity contribution >= 4 is 28.9 Å². The lowest BCUT2D eigenvalue weighted by atomic mass is 10.2. The predicted molar refractivity (Wildman–Crippen MR) is 75.2 cm³/mol. The maximum absolute atomic E-state index is 12.4. The predicted octanol–water partition coefficient (Wildman–Crippen LogP) is 5.62. The van der Waals surface area contributed by atoms with Gasteiger partial charge in [-0.3, -0.25) is 0 Å². The van der Waals surface area contributed by atoms with Gasteiger partial charge in [0.15, 0.2) is 0 Å². The molecule has 0 aliphatic heterocycles. The van der Waals surface area contributed by atoms with Gasteiger partial charge >= 0.3 is 6.18 Å². The molecule has 0 aliphatic rings. The number of benzene rings is 2. The molecule has 106 valence electrons. The molecule has 0 bridgehead atoms. The molecule has 0 aromatic heterocycles. The number of alkyl halides is 3. The van der Waals surface area contributed by atoms with E-state index in [0.717, 1.165) is 17.7 Å². The fourth-order valence-electron chi connectivity index (χ4n) is 1.64. The summed E-state index contributed by atoms with van der Waals surface area (Å²) in [5.74, 6) is 0. The minimum atomic E-state index is -4.32. The maximum Gasteiger partial charge on any atom is 0.416 e. The summed E-state index contributed by atoms with van der Waals surface area (Å²) in [5.41, 5.74) is 0.729. The molecule has 0 saturated carbocycles. The highest BCUT2D eigenvalue weighted by Crippen LogP contribution is 2.30. The van der Waals surface area contributed by atoms with E-state index < -0.39 is 11.7 Å². The molecule has 0 unspecified atom stereocenters. The lowest BCUT2D eigenvalue weighted by Gasteiger charge is -2.10. The normalized spacial score (nSPS) is 11.4. The summed E-state index contributed by atoms with van der Waals surface area (Å²) >= 11 is 11.8. The van der Waals surface area contributed by atoms with Crippen LogP contribution in [0.1, 0.15) is 11.1 Å². The first-order valence-corrected chi connectivity index (χ1v) is 6.47. The van der Waals surface area contributed by atoms with Gasteiger partial charge in [0.25, 0.3) is 0 Å². The Balaban J connectivity index is 2.04. The Bertz CT molecular complexity index is 594. The Morgan fingerprint density at radius 3 is 2.15 bits per heavy atom. The molecule has 0 fully saturated rings. The van der Waals surface area contributed by atoms with Crippen LogP contribution in [0.2, 0.25) is 10.0 Å². The van der Waals surface area contributed by atoms with Gasteiger partial charge in [0.2, 0.25) is 0 Å². The van der Waals surface area contributed by atoms with E-state index in [1.807, 2.05) is 0 Å². The molecule has 2 aromatic carbocycles. The van der Waals surface area contributed by atoms with Crippen LogP contribution in [0.3, 0.4) is 0 Å². The second-order valence-corrected chi connectivity index (χ2v) is 5.01. The van der Waals surface area contributed by atoms with E-state index in [1.54, 1.807) is 18.2 Å². The van der Waals surface area contributed by atoms with Gasteiger partial charge in [-0.25, -0.2) is 0 Å². The van der Waals surface area contributed by atoms with Crippen molar-refractivity contribution < 1.29 is 13.2 Å². The highest BCUT2D eigenvalue weighted by atomic mass is 35.5. The minimum absolute atomic E-state index is 0.404. The second-order valence-electron chi connectivity index (χ2n) is 4.16. The molecular weight excluding hydrogens is 310 g/mol. The zero-order valence-corrected chi connectivity index (χ0v) is 11.7. The molecule has 0 aliphatic carbocycles. The fourth-order valence-corrected chi connectivity index (χ4v) is 2.11. The van der Waals surface area contributed by atoms with Gasteiger partial charge in [0.1, 0.15) is 0 Å². The third-order valence-corrected chi connectivity index (χ3v) is 3.30. The highest BCUT2D eigenvalue weighted by molar-refractivity contribution is 6.35. The van der Waals surface area contributed by atoms with Gasteiger partial charge in [-0.1, -0.05) is 29.3 Å². The van der Waals surface area contributed by atoms with Crippen molar-refractivity contribution in [2.24, 2.45) is 0 Å². The summed E-state index contributed by atoms with van der Waals surface area (Å²) in [6.07, 6.45) is -4.32. The molecule has 2 aromatic rings. The summed E-state index contributed by atoms with van der Waals surface area (Å²) in [5, 5.41) is 4.05. The molecule has 0 saturated heterocycles. The smallest absolute Gasteiger partial charge is 0.381 e. The minimum Gasteiger partial charge on any atom is -0.381 e. The standard InChI is InChI=1S/C14H10Cl2F3N/c15-11-4-1-9(13(16)7-11)8-20-12-5-2-10(3-6-12)14(17,18)19/h1-7,20H,8H2. The number of halogens is 5. The van der Waals surface area contributed by atoms with Crippen LogP contribution < -0.4 is 5.32 Å². The number of nitrogens with one attached hydrogen (secondary N) is 1. The van der Waals surface area contributed by atoms with Crippen molar-refractivity contribution in [3.05, 3.63) is 63.6 Å². The second kappa shape index (κ2) is 5.94. The first-order valence-electron chi connectivity index (χ1n) is 5.71. The number of hydrogen-bond acceptors (Lipinski definition) is 1. The van der Waals surface area contributed by atoms with Gasteiger partial charge in [0, 0.05) is 22.3 Å². The Labute approximate surface area is 124 Å². The third-order valence-electron chi connectivity index (χ3n) is 2.71. The monoisotopic (exact) mass is 319 g/mol. The fraction of sp³-hybridized carbons (Fsp3) is 0.143. The van der Waals surface area contributed by atoms with Crippen molar-refractivity contribution in [1.82, 2.24) is 0 Å². The van der Waals surface area contributed by atoms with Gasteiger partial charge in [0.05, 0.1) is 5.56 Å².